The Balaban J connectivity index is 1.22. The molecule has 0 aliphatic carbocycles. The summed E-state index contributed by atoms with van der Waals surface area (Å²) in [5.41, 5.74) is 5.16. The first-order valence-electron chi connectivity index (χ1n) is 15.0. The Morgan fingerprint density at radius 1 is 0.814 bits per heavy atom. The van der Waals surface area contributed by atoms with Crippen molar-refractivity contribution in [2.45, 2.75) is 52.9 Å². The molecular formula is C35H40N6O2. The van der Waals surface area contributed by atoms with E-state index in [9.17, 15) is 9.90 Å². The van der Waals surface area contributed by atoms with Crippen LogP contribution in [0.4, 0.5) is 5.69 Å². The molecule has 0 aliphatic heterocycles. The molecule has 0 fully saturated rings. The number of hydrogen-bond acceptors (Lipinski definition) is 6. The van der Waals surface area contributed by atoms with Crippen LogP contribution < -0.4 is 5.32 Å². The van der Waals surface area contributed by atoms with E-state index in [0.29, 0.717) is 30.7 Å². The van der Waals surface area contributed by atoms with E-state index in [1.807, 2.05) is 66.9 Å². The van der Waals surface area contributed by atoms with Gasteiger partial charge in [0, 0.05) is 48.7 Å². The molecule has 0 spiro atoms. The van der Waals surface area contributed by atoms with Crippen molar-refractivity contribution in [1.29, 1.82) is 0 Å². The number of H-pyrrole nitrogens is 1. The van der Waals surface area contributed by atoms with Crippen molar-refractivity contribution >= 4 is 22.5 Å². The highest BCUT2D eigenvalue weighted by Crippen LogP contribution is 2.23. The Morgan fingerprint density at radius 3 is 2.19 bits per heavy atom. The Kier molecular flexibility index (Phi) is 10.2. The van der Waals surface area contributed by atoms with E-state index in [0.717, 1.165) is 60.6 Å². The summed E-state index contributed by atoms with van der Waals surface area (Å²) < 4.78 is 0. The van der Waals surface area contributed by atoms with Gasteiger partial charge in [0.15, 0.2) is 0 Å². The first-order chi connectivity index (χ1) is 21.0. The first-order valence-corrected chi connectivity index (χ1v) is 15.0. The molecule has 0 saturated heterocycles. The van der Waals surface area contributed by atoms with Gasteiger partial charge >= 0.3 is 0 Å². The number of carbonyl (C=O) groups excluding carboxylic acids is 1. The molecule has 3 aromatic carbocycles. The Labute approximate surface area is 253 Å². The minimum Gasteiger partial charge on any atom is -0.506 e. The molecule has 222 valence electrons. The number of aromatic nitrogens is 3. The van der Waals surface area contributed by atoms with Crippen molar-refractivity contribution in [1.82, 2.24) is 24.8 Å². The van der Waals surface area contributed by atoms with E-state index >= 15 is 0 Å². The fourth-order valence-electron chi connectivity index (χ4n) is 5.33. The zero-order chi connectivity index (χ0) is 30.0. The van der Waals surface area contributed by atoms with Gasteiger partial charge in [0.25, 0.3) is 5.91 Å². The van der Waals surface area contributed by atoms with Gasteiger partial charge in [-0.25, -0.2) is 9.97 Å². The highest BCUT2D eigenvalue weighted by Gasteiger charge is 2.13. The molecule has 5 aromatic rings. The van der Waals surface area contributed by atoms with Crippen LogP contribution in [0.2, 0.25) is 0 Å². The number of amides is 1. The lowest BCUT2D eigenvalue weighted by Crippen LogP contribution is -2.24. The van der Waals surface area contributed by atoms with Crippen LogP contribution in [0, 0.1) is 0 Å². The summed E-state index contributed by atoms with van der Waals surface area (Å²) in [5, 5.41) is 14.2. The molecule has 8 nitrogen and oxygen atoms in total. The van der Waals surface area contributed by atoms with Crippen LogP contribution in [-0.2, 0) is 26.2 Å². The third-order valence-corrected chi connectivity index (χ3v) is 7.39. The molecule has 43 heavy (non-hydrogen) atoms. The first kappa shape index (κ1) is 29.9. The average molecular weight is 577 g/mol. The van der Waals surface area contributed by atoms with Crippen LogP contribution in [-0.4, -0.2) is 48.9 Å². The van der Waals surface area contributed by atoms with Crippen LogP contribution >= 0.6 is 0 Å². The molecule has 0 radical (unpaired) electrons. The van der Waals surface area contributed by atoms with Crippen LogP contribution in [0.5, 0.6) is 5.75 Å². The third-order valence-electron chi connectivity index (χ3n) is 7.39. The van der Waals surface area contributed by atoms with Crippen molar-refractivity contribution in [3.05, 3.63) is 119 Å². The number of aromatic hydroxyl groups is 1. The molecule has 0 aliphatic rings. The number of hydrogen-bond donors (Lipinski definition) is 3. The number of nitrogens with one attached hydrogen (secondary N) is 2. The molecule has 8 heteroatoms. The van der Waals surface area contributed by atoms with Crippen LogP contribution in [0.15, 0.2) is 91.3 Å². The highest BCUT2D eigenvalue weighted by molar-refractivity contribution is 6.04. The van der Waals surface area contributed by atoms with Gasteiger partial charge in [-0.15, -0.1) is 0 Å². The third kappa shape index (κ3) is 8.28. The summed E-state index contributed by atoms with van der Waals surface area (Å²) in [6.45, 7) is 9.33. The maximum absolute atomic E-state index is 13.0. The van der Waals surface area contributed by atoms with Crippen LogP contribution in [0.3, 0.4) is 0 Å². The van der Waals surface area contributed by atoms with E-state index in [-0.39, 0.29) is 11.7 Å². The van der Waals surface area contributed by atoms with E-state index in [4.69, 9.17) is 4.98 Å². The van der Waals surface area contributed by atoms with Crippen molar-refractivity contribution in [2.24, 2.45) is 0 Å². The summed E-state index contributed by atoms with van der Waals surface area (Å²) >= 11 is 0. The fraction of sp³-hybridized carbons (Fsp3) is 0.286. The van der Waals surface area contributed by atoms with Crippen molar-refractivity contribution in [2.75, 3.05) is 18.4 Å². The summed E-state index contributed by atoms with van der Waals surface area (Å²) in [5.74, 6) is 0.895. The smallest absolute Gasteiger partial charge is 0.255 e. The molecule has 0 unspecified atom stereocenters. The standard InChI is InChI=1S/C35H40N6O2/c1-3-20-40(21-4-2)22-27-10-15-30(16-11-27)39-35(43)29-12-8-26(9-13-29)23-41(25-33-36-18-19-37-33)24-31-17-14-28-6-5-7-32(42)34(28)38-31/h5-19,42H,3-4,20-25H2,1-2H3,(H,36,37)(H,39,43). The fourth-order valence-corrected chi connectivity index (χ4v) is 5.33. The van der Waals surface area contributed by atoms with Crippen LogP contribution in [0.25, 0.3) is 10.9 Å². The predicted octanol–water partition coefficient (Wildman–Crippen LogP) is 6.74. The van der Waals surface area contributed by atoms with E-state index in [1.165, 1.54) is 5.56 Å². The second kappa shape index (κ2) is 14.6. The van der Waals surface area contributed by atoms with Crippen molar-refractivity contribution < 1.29 is 9.90 Å². The highest BCUT2D eigenvalue weighted by atomic mass is 16.3. The lowest BCUT2D eigenvalue weighted by molar-refractivity contribution is 0.102. The summed E-state index contributed by atoms with van der Waals surface area (Å²) in [6, 6.07) is 25.2. The number of para-hydroxylation sites is 1. The molecule has 3 N–H and O–H groups in total. The Hall–Kier alpha value is -4.53. The maximum Gasteiger partial charge on any atom is 0.255 e. The molecule has 0 bridgehead atoms. The molecule has 2 heterocycles. The predicted molar refractivity (Wildman–Crippen MR) is 172 cm³/mol. The van der Waals surface area contributed by atoms with Gasteiger partial charge in [0.05, 0.1) is 12.2 Å². The number of phenolic OH excluding ortho intramolecular Hbond substituents is 1. The van der Waals surface area contributed by atoms with Gasteiger partial charge in [0.2, 0.25) is 0 Å². The maximum atomic E-state index is 13.0. The largest absolute Gasteiger partial charge is 0.506 e. The molecule has 1 amide bonds. The number of imidazole rings is 1. The van der Waals surface area contributed by atoms with Crippen LogP contribution in [0.1, 0.15) is 59.7 Å². The molecule has 0 saturated carbocycles. The molecule has 0 atom stereocenters. The second-order valence-electron chi connectivity index (χ2n) is 11.0. The van der Waals surface area contributed by atoms with Gasteiger partial charge in [0.1, 0.15) is 17.1 Å². The number of aromatic amines is 1. The minimum atomic E-state index is -0.134. The summed E-state index contributed by atoms with van der Waals surface area (Å²) in [7, 11) is 0. The lowest BCUT2D eigenvalue weighted by Gasteiger charge is -2.21. The zero-order valence-electron chi connectivity index (χ0n) is 25.0. The van der Waals surface area contributed by atoms with E-state index < -0.39 is 0 Å². The van der Waals surface area contributed by atoms with E-state index in [1.54, 1.807) is 12.3 Å². The number of benzene rings is 3. The number of pyridine rings is 1. The Morgan fingerprint density at radius 2 is 1.51 bits per heavy atom. The quantitative estimate of drug-likeness (QED) is 0.135. The van der Waals surface area contributed by atoms with Gasteiger partial charge in [-0.2, -0.15) is 0 Å². The normalized spacial score (nSPS) is 11.4. The lowest BCUT2D eigenvalue weighted by atomic mass is 10.1. The van der Waals surface area contributed by atoms with Gasteiger partial charge in [-0.3, -0.25) is 14.6 Å². The second-order valence-corrected chi connectivity index (χ2v) is 11.0. The topological polar surface area (TPSA) is 97.4 Å². The van der Waals surface area contributed by atoms with Gasteiger partial charge < -0.3 is 15.4 Å². The van der Waals surface area contributed by atoms with Crippen molar-refractivity contribution in [3.8, 4) is 5.75 Å². The monoisotopic (exact) mass is 576 g/mol. The SMILES string of the molecule is CCCN(CCC)Cc1ccc(NC(=O)c2ccc(CN(Cc3ccc4cccc(O)c4n3)Cc3ncc[nH]3)cc2)cc1. The minimum absolute atomic E-state index is 0.134. The molecule has 2 aromatic heterocycles. The Bertz CT molecular complexity index is 1590. The number of phenols is 1. The number of carbonyl (C=O) groups is 1. The zero-order valence-corrected chi connectivity index (χ0v) is 25.0. The van der Waals surface area contributed by atoms with Gasteiger partial charge in [-0.1, -0.05) is 56.3 Å². The van der Waals surface area contributed by atoms with E-state index in [2.05, 4.69) is 51.1 Å². The molecule has 5 rings (SSSR count). The number of fused-ring (bicyclic) bond motifs is 1. The summed E-state index contributed by atoms with van der Waals surface area (Å²) in [4.78, 5) is 30.0. The number of nitrogens with zero attached hydrogens (tertiary/aromatic N) is 4. The van der Waals surface area contributed by atoms with Crippen molar-refractivity contribution in [3.63, 3.8) is 0 Å². The number of rotatable bonds is 14. The summed E-state index contributed by atoms with van der Waals surface area (Å²) in [6.07, 6.45) is 5.84. The number of anilines is 1. The molecular weight excluding hydrogens is 536 g/mol. The van der Waals surface area contributed by atoms with Gasteiger partial charge in [-0.05, 0) is 73.5 Å². The average Bonchev–Trinajstić information content (AvgIpc) is 3.52.